The van der Waals surface area contributed by atoms with Crippen LogP contribution >= 0.6 is 0 Å². The molecule has 0 nitrogen and oxygen atoms in total. The van der Waals surface area contributed by atoms with E-state index in [0.29, 0.717) is 5.92 Å². The van der Waals surface area contributed by atoms with Gasteiger partial charge in [-0.15, -0.1) is 0 Å². The zero-order valence-corrected chi connectivity index (χ0v) is 9.11. The third-order valence-electron chi connectivity index (χ3n) is 1.54. The fraction of sp³-hybridized carbons (Fsp3) is 0.875. The van der Waals surface area contributed by atoms with Crippen molar-refractivity contribution in [2.45, 2.75) is 39.5 Å². The van der Waals surface area contributed by atoms with E-state index in [9.17, 15) is 0 Å². The number of hydrogen-bond acceptors (Lipinski definition) is 0. The Morgan fingerprint density at radius 2 is 1.89 bits per heavy atom. The summed E-state index contributed by atoms with van der Waals surface area (Å²) in [5, 5.41) is 0. The van der Waals surface area contributed by atoms with E-state index in [1.54, 1.807) is 0 Å². The maximum atomic E-state index is 3.99. The van der Waals surface area contributed by atoms with Gasteiger partial charge in [-0.25, -0.2) is 0 Å². The average Bonchev–Trinajstić information content (AvgIpc) is 1.83. The van der Waals surface area contributed by atoms with Crippen molar-refractivity contribution in [2.75, 3.05) is 0 Å². The molecule has 0 amide bonds. The Morgan fingerprint density at radius 1 is 1.33 bits per heavy atom. The minimum atomic E-state index is 0. The van der Waals surface area contributed by atoms with Gasteiger partial charge in [0.1, 0.15) is 0 Å². The first-order valence-corrected chi connectivity index (χ1v) is 3.64. The second kappa shape index (κ2) is 9.00. The van der Waals surface area contributed by atoms with E-state index >= 15 is 0 Å². The summed E-state index contributed by atoms with van der Waals surface area (Å²) in [5.74, 6) is 0.704. The van der Waals surface area contributed by atoms with Crippen LogP contribution in [0.2, 0.25) is 0 Å². The van der Waals surface area contributed by atoms with Crippen LogP contribution in [-0.4, -0.2) is 0 Å². The van der Waals surface area contributed by atoms with E-state index in [-0.39, 0.29) is 29.6 Å². The normalized spacial score (nSPS) is 12.3. The summed E-state index contributed by atoms with van der Waals surface area (Å²) in [7, 11) is 0. The first kappa shape index (κ1) is 12.7. The van der Waals surface area contributed by atoms with Crippen molar-refractivity contribution in [1.82, 2.24) is 0 Å². The molecule has 0 rings (SSSR count). The first-order valence-electron chi connectivity index (χ1n) is 3.64. The molecule has 0 radical (unpaired) electrons. The monoisotopic (exact) mass is 136 g/mol. The van der Waals surface area contributed by atoms with Crippen LogP contribution in [0.4, 0.5) is 0 Å². The van der Waals surface area contributed by atoms with Gasteiger partial charge in [0.15, 0.2) is 0 Å². The molecule has 0 N–H and O–H groups in total. The summed E-state index contributed by atoms with van der Waals surface area (Å²) in [5.41, 5.74) is 0. The van der Waals surface area contributed by atoms with Gasteiger partial charge >= 0.3 is 29.6 Å². The summed E-state index contributed by atoms with van der Waals surface area (Å²) in [6.07, 6.45) is 5.21. The van der Waals surface area contributed by atoms with Gasteiger partial charge < -0.3 is 6.92 Å². The molecule has 0 aliphatic rings. The Balaban J connectivity index is 0. The van der Waals surface area contributed by atoms with Crippen LogP contribution in [-0.2, 0) is 0 Å². The molecule has 1 heteroatoms. The van der Waals surface area contributed by atoms with Gasteiger partial charge in [-0.3, -0.25) is 0 Å². The molecule has 0 saturated carbocycles. The van der Waals surface area contributed by atoms with Gasteiger partial charge in [0.2, 0.25) is 0 Å². The summed E-state index contributed by atoms with van der Waals surface area (Å²) in [6, 6.07) is 0. The van der Waals surface area contributed by atoms with Crippen molar-refractivity contribution >= 4 is 0 Å². The zero-order valence-electron chi connectivity index (χ0n) is 7.11. The zero-order chi connectivity index (χ0) is 6.41. The summed E-state index contributed by atoms with van der Waals surface area (Å²) < 4.78 is 0. The molecule has 0 fully saturated rings. The first-order chi connectivity index (χ1) is 3.81. The molecule has 0 aromatic carbocycles. The van der Waals surface area contributed by atoms with E-state index in [4.69, 9.17) is 0 Å². The summed E-state index contributed by atoms with van der Waals surface area (Å²) in [6.45, 7) is 8.42. The Hall–Kier alpha value is 1.00. The molecular weight excluding hydrogens is 119 g/mol. The van der Waals surface area contributed by atoms with Crippen molar-refractivity contribution in [3.05, 3.63) is 6.92 Å². The Labute approximate surface area is 81.7 Å². The van der Waals surface area contributed by atoms with Crippen LogP contribution in [0.25, 0.3) is 0 Å². The van der Waals surface area contributed by atoms with E-state index in [1.165, 1.54) is 25.7 Å². The smallest absolute Gasteiger partial charge is 0.340 e. The fourth-order valence-electron chi connectivity index (χ4n) is 0.697. The van der Waals surface area contributed by atoms with Crippen LogP contribution in [0.15, 0.2) is 0 Å². The SMILES string of the molecule is [CH2-]C(CC)CCCC.[Na+]. The maximum absolute atomic E-state index is 3.99. The molecule has 0 saturated heterocycles. The molecule has 1 unspecified atom stereocenters. The van der Waals surface area contributed by atoms with Gasteiger partial charge in [-0.1, -0.05) is 39.5 Å². The van der Waals surface area contributed by atoms with Gasteiger partial charge in [0, 0.05) is 0 Å². The third kappa shape index (κ3) is 9.00. The fourth-order valence-corrected chi connectivity index (χ4v) is 0.697. The quantitative estimate of drug-likeness (QED) is 0.378. The van der Waals surface area contributed by atoms with E-state index in [2.05, 4.69) is 20.8 Å². The standard InChI is InChI=1S/C8H17.Na/c1-4-6-7-8(3)5-2;/h8H,3-7H2,1-2H3;/q-1;+1. The number of rotatable bonds is 4. The van der Waals surface area contributed by atoms with Gasteiger partial charge in [-0.2, -0.15) is 5.92 Å². The predicted octanol–water partition coefficient (Wildman–Crippen LogP) is 0.0409. The Morgan fingerprint density at radius 3 is 2.22 bits per heavy atom. The van der Waals surface area contributed by atoms with Crippen molar-refractivity contribution in [2.24, 2.45) is 5.92 Å². The molecule has 0 aliphatic heterocycles. The molecule has 9 heavy (non-hydrogen) atoms. The average molecular weight is 136 g/mol. The van der Waals surface area contributed by atoms with Gasteiger partial charge in [-0.05, 0) is 0 Å². The molecule has 0 bridgehead atoms. The molecule has 0 aromatic heterocycles. The predicted molar refractivity (Wildman–Crippen MR) is 38.7 cm³/mol. The molecule has 0 spiro atoms. The van der Waals surface area contributed by atoms with Crippen LogP contribution in [0.3, 0.4) is 0 Å². The third-order valence-corrected chi connectivity index (χ3v) is 1.54. The number of unbranched alkanes of at least 4 members (excludes halogenated alkanes) is 1. The number of hydrogen-bond donors (Lipinski definition) is 0. The van der Waals surface area contributed by atoms with E-state index in [1.807, 2.05) is 0 Å². The second-order valence-corrected chi connectivity index (χ2v) is 2.42. The van der Waals surface area contributed by atoms with E-state index in [0.717, 1.165) is 0 Å². The van der Waals surface area contributed by atoms with Crippen molar-refractivity contribution in [3.63, 3.8) is 0 Å². The van der Waals surface area contributed by atoms with Crippen molar-refractivity contribution < 1.29 is 29.6 Å². The molecular formula is C8H17Na. The molecule has 0 aromatic rings. The van der Waals surface area contributed by atoms with Crippen molar-refractivity contribution in [1.29, 1.82) is 0 Å². The minimum absolute atomic E-state index is 0. The van der Waals surface area contributed by atoms with Crippen LogP contribution < -0.4 is 29.6 Å². The van der Waals surface area contributed by atoms with E-state index < -0.39 is 0 Å². The second-order valence-electron chi connectivity index (χ2n) is 2.42. The largest absolute Gasteiger partial charge is 1.00 e. The van der Waals surface area contributed by atoms with Crippen LogP contribution in [0.5, 0.6) is 0 Å². The topological polar surface area (TPSA) is 0 Å². The Kier molecular flexibility index (Phi) is 12.7. The summed E-state index contributed by atoms with van der Waals surface area (Å²) >= 11 is 0. The summed E-state index contributed by atoms with van der Waals surface area (Å²) in [4.78, 5) is 0. The van der Waals surface area contributed by atoms with Gasteiger partial charge in [0.05, 0.1) is 0 Å². The Bertz CT molecular complexity index is 43.8. The van der Waals surface area contributed by atoms with Crippen LogP contribution in [0.1, 0.15) is 39.5 Å². The maximum Gasteiger partial charge on any atom is 1.00 e. The molecule has 1 atom stereocenters. The van der Waals surface area contributed by atoms with Gasteiger partial charge in [0.25, 0.3) is 0 Å². The minimum Gasteiger partial charge on any atom is -0.340 e. The molecule has 50 valence electrons. The molecule has 0 aliphatic carbocycles. The van der Waals surface area contributed by atoms with Crippen molar-refractivity contribution in [3.8, 4) is 0 Å². The molecule has 0 heterocycles. The van der Waals surface area contributed by atoms with Crippen LogP contribution in [0, 0.1) is 12.8 Å².